The predicted octanol–water partition coefficient (Wildman–Crippen LogP) is 1.20. The molecule has 1 rings (SSSR count). The predicted molar refractivity (Wildman–Crippen MR) is 38.6 cm³/mol. The fourth-order valence-electron chi connectivity index (χ4n) is 0.714. The minimum absolute atomic E-state index is 0.299. The van der Waals surface area contributed by atoms with Crippen LogP contribution in [-0.2, 0) is 0 Å². The molecule has 0 bridgehead atoms. The topological polar surface area (TPSA) is 29.5 Å². The third kappa shape index (κ3) is 1.48. The minimum atomic E-state index is -0.299. The summed E-state index contributed by atoms with van der Waals surface area (Å²) >= 11 is 0. The molecule has 53 valence electrons. The van der Waals surface area contributed by atoms with Gasteiger partial charge in [0.25, 0.3) is 0 Å². The third-order valence-corrected chi connectivity index (χ3v) is 1.19. The molecule has 0 aliphatic rings. The number of hydrogen-bond donors (Lipinski definition) is 1. The fourth-order valence-corrected chi connectivity index (χ4v) is 0.714. The molecule has 0 spiro atoms. The Morgan fingerprint density at radius 1 is 1.40 bits per heavy atom. The van der Waals surface area contributed by atoms with Gasteiger partial charge in [0.2, 0.25) is 0 Å². The van der Waals surface area contributed by atoms with E-state index in [0.717, 1.165) is 5.56 Å². The molecule has 2 nitrogen and oxygen atoms in total. The van der Waals surface area contributed by atoms with Crippen LogP contribution in [0.3, 0.4) is 0 Å². The summed E-state index contributed by atoms with van der Waals surface area (Å²) in [6.07, 6.45) is 0. The van der Waals surface area contributed by atoms with E-state index in [4.69, 9.17) is 9.84 Å². The second-order valence-electron chi connectivity index (χ2n) is 1.88. The van der Waals surface area contributed by atoms with Gasteiger partial charge in [0.05, 0.1) is 0 Å². The van der Waals surface area contributed by atoms with Gasteiger partial charge in [-0.1, -0.05) is 18.2 Å². The highest BCUT2D eigenvalue weighted by atomic mass is 16.6. The van der Waals surface area contributed by atoms with Crippen LogP contribution in [0.2, 0.25) is 0 Å². The van der Waals surface area contributed by atoms with Gasteiger partial charge in [-0.25, -0.2) is 0 Å². The summed E-state index contributed by atoms with van der Waals surface area (Å²) in [7, 11) is 0. The van der Waals surface area contributed by atoms with E-state index in [9.17, 15) is 0 Å². The fraction of sp³-hybridized carbons (Fsp3) is 0.125. The summed E-state index contributed by atoms with van der Waals surface area (Å²) in [4.78, 5) is 0. The zero-order valence-corrected chi connectivity index (χ0v) is 5.58. The van der Waals surface area contributed by atoms with Crippen LogP contribution in [0.4, 0.5) is 0 Å². The van der Waals surface area contributed by atoms with Crippen molar-refractivity contribution < 1.29 is 9.84 Å². The highest BCUT2D eigenvalue weighted by Crippen LogP contribution is 2.15. The molecule has 1 N–H and O–H groups in total. The summed E-state index contributed by atoms with van der Waals surface area (Å²) in [5, 5.41) is 8.39. The van der Waals surface area contributed by atoms with Crippen molar-refractivity contribution in [2.75, 3.05) is 6.79 Å². The Morgan fingerprint density at radius 3 is 2.70 bits per heavy atom. The van der Waals surface area contributed by atoms with Crippen molar-refractivity contribution in [2.45, 2.75) is 0 Å². The van der Waals surface area contributed by atoms with Crippen molar-refractivity contribution in [3.8, 4) is 5.75 Å². The number of benzene rings is 1. The van der Waals surface area contributed by atoms with Gasteiger partial charge < -0.3 is 9.84 Å². The van der Waals surface area contributed by atoms with E-state index in [-0.39, 0.29) is 6.79 Å². The molecule has 10 heavy (non-hydrogen) atoms. The first kappa shape index (κ1) is 7.09. The molecule has 0 heterocycles. The van der Waals surface area contributed by atoms with Gasteiger partial charge in [0.1, 0.15) is 5.75 Å². The Labute approximate surface area is 60.1 Å². The van der Waals surface area contributed by atoms with Crippen LogP contribution in [0.1, 0.15) is 5.56 Å². The van der Waals surface area contributed by atoms with E-state index in [2.05, 4.69) is 6.92 Å². The summed E-state index contributed by atoms with van der Waals surface area (Å²) in [5.74, 6) is 0.630. The smallest absolute Gasteiger partial charge is 0.186 e. The van der Waals surface area contributed by atoms with Gasteiger partial charge in [-0.2, -0.15) is 0 Å². The highest BCUT2D eigenvalue weighted by Gasteiger charge is 1.93. The Hall–Kier alpha value is -1.02. The summed E-state index contributed by atoms with van der Waals surface area (Å²) in [6, 6.07) is 7.29. The maximum atomic E-state index is 8.39. The number of hydrogen-bond acceptors (Lipinski definition) is 2. The number of aliphatic hydroxyl groups excluding tert-OH is 1. The lowest BCUT2D eigenvalue weighted by molar-refractivity contribution is 0.0981. The Kier molecular flexibility index (Phi) is 2.29. The lowest BCUT2D eigenvalue weighted by Gasteiger charge is -2.03. The number of para-hydroxylation sites is 1. The van der Waals surface area contributed by atoms with Crippen LogP contribution < -0.4 is 4.74 Å². The Bertz CT molecular complexity index is 208. The van der Waals surface area contributed by atoms with E-state index in [0.29, 0.717) is 5.75 Å². The van der Waals surface area contributed by atoms with E-state index in [1.54, 1.807) is 6.07 Å². The molecule has 2 heteroatoms. The van der Waals surface area contributed by atoms with Crippen molar-refractivity contribution in [1.29, 1.82) is 0 Å². The normalized spacial score (nSPS) is 9.40. The molecule has 1 aromatic carbocycles. The van der Waals surface area contributed by atoms with Crippen LogP contribution in [0.15, 0.2) is 24.3 Å². The molecule has 0 amide bonds. The van der Waals surface area contributed by atoms with Crippen molar-refractivity contribution in [3.63, 3.8) is 0 Å². The first-order valence-electron chi connectivity index (χ1n) is 2.99. The van der Waals surface area contributed by atoms with Gasteiger partial charge in [-0.05, 0) is 18.6 Å². The number of rotatable bonds is 2. The van der Waals surface area contributed by atoms with Gasteiger partial charge in [-0.15, -0.1) is 0 Å². The Balaban J connectivity index is 2.81. The molecule has 1 radical (unpaired) electrons. The highest BCUT2D eigenvalue weighted by molar-refractivity contribution is 5.34. The summed E-state index contributed by atoms with van der Waals surface area (Å²) < 4.78 is 4.83. The monoisotopic (exact) mass is 137 g/mol. The molecule has 0 atom stereocenters. The lowest BCUT2D eigenvalue weighted by atomic mass is 10.2. The van der Waals surface area contributed by atoms with Crippen LogP contribution in [0.5, 0.6) is 5.75 Å². The zero-order chi connectivity index (χ0) is 7.40. The molecule has 0 aliphatic carbocycles. The van der Waals surface area contributed by atoms with Gasteiger partial charge in [0, 0.05) is 0 Å². The molecule has 0 aromatic heterocycles. The van der Waals surface area contributed by atoms with Crippen molar-refractivity contribution >= 4 is 0 Å². The quantitative estimate of drug-likeness (QED) is 0.620. The Morgan fingerprint density at radius 2 is 2.10 bits per heavy atom. The van der Waals surface area contributed by atoms with E-state index in [1.807, 2.05) is 18.2 Å². The average Bonchev–Trinajstić information content (AvgIpc) is 1.94. The van der Waals surface area contributed by atoms with E-state index < -0.39 is 0 Å². The van der Waals surface area contributed by atoms with Crippen LogP contribution in [0, 0.1) is 6.92 Å². The maximum absolute atomic E-state index is 8.39. The minimum Gasteiger partial charge on any atom is -0.467 e. The average molecular weight is 137 g/mol. The second-order valence-corrected chi connectivity index (χ2v) is 1.88. The molecular weight excluding hydrogens is 128 g/mol. The first-order chi connectivity index (χ1) is 4.84. The summed E-state index contributed by atoms with van der Waals surface area (Å²) in [6.45, 7) is 3.40. The van der Waals surface area contributed by atoms with E-state index >= 15 is 0 Å². The van der Waals surface area contributed by atoms with Crippen molar-refractivity contribution in [2.24, 2.45) is 0 Å². The second kappa shape index (κ2) is 3.22. The third-order valence-electron chi connectivity index (χ3n) is 1.19. The van der Waals surface area contributed by atoms with Crippen LogP contribution in [0.25, 0.3) is 0 Å². The van der Waals surface area contributed by atoms with Crippen molar-refractivity contribution in [1.82, 2.24) is 0 Å². The molecule has 0 unspecified atom stereocenters. The molecule has 0 saturated carbocycles. The SMILES string of the molecule is [CH2]c1ccccc1OCO. The molecule has 1 aromatic rings. The maximum Gasteiger partial charge on any atom is 0.186 e. The number of aliphatic hydroxyl groups is 1. The standard InChI is InChI=1S/C8H9O2/c1-7-4-2-3-5-8(7)10-6-9/h2-5,9H,1,6H2. The van der Waals surface area contributed by atoms with Crippen molar-refractivity contribution in [3.05, 3.63) is 36.8 Å². The number of ether oxygens (including phenoxy) is 1. The molecule has 0 saturated heterocycles. The lowest BCUT2D eigenvalue weighted by Crippen LogP contribution is -1.95. The van der Waals surface area contributed by atoms with Gasteiger partial charge >= 0.3 is 0 Å². The van der Waals surface area contributed by atoms with Crippen LogP contribution in [-0.4, -0.2) is 11.9 Å². The summed E-state index contributed by atoms with van der Waals surface area (Å²) in [5.41, 5.74) is 0.788. The molecule has 0 aliphatic heterocycles. The molecule has 0 fully saturated rings. The van der Waals surface area contributed by atoms with Gasteiger partial charge in [0.15, 0.2) is 6.79 Å². The largest absolute Gasteiger partial charge is 0.467 e. The van der Waals surface area contributed by atoms with E-state index in [1.165, 1.54) is 0 Å². The van der Waals surface area contributed by atoms with Gasteiger partial charge in [-0.3, -0.25) is 0 Å². The first-order valence-corrected chi connectivity index (χ1v) is 2.99. The zero-order valence-electron chi connectivity index (χ0n) is 5.58. The van der Waals surface area contributed by atoms with Crippen LogP contribution >= 0.6 is 0 Å². The molecular formula is C8H9O2.